The van der Waals surface area contributed by atoms with Crippen molar-refractivity contribution in [2.75, 3.05) is 19.6 Å². The molecule has 2 heteroatoms. The van der Waals surface area contributed by atoms with Gasteiger partial charge in [0.15, 0.2) is 0 Å². The van der Waals surface area contributed by atoms with Crippen molar-refractivity contribution in [3.8, 4) is 0 Å². The maximum absolute atomic E-state index is 3.94. The molecule has 1 saturated heterocycles. The normalized spacial score (nSPS) is 23.3. The SMILES string of the molecule is C=CC(c1ccccc1)C1CNCCN1. The number of benzene rings is 1. The molecule has 0 aromatic heterocycles. The molecule has 0 aliphatic carbocycles. The van der Waals surface area contributed by atoms with Crippen LogP contribution in [0.4, 0.5) is 0 Å². The van der Waals surface area contributed by atoms with Crippen LogP contribution in [0.3, 0.4) is 0 Å². The first-order valence-electron chi connectivity index (χ1n) is 5.53. The van der Waals surface area contributed by atoms with Crippen LogP contribution in [-0.2, 0) is 0 Å². The fourth-order valence-electron chi connectivity index (χ4n) is 2.14. The molecule has 80 valence electrons. The van der Waals surface area contributed by atoms with Crippen molar-refractivity contribution in [2.24, 2.45) is 0 Å². The molecule has 2 nitrogen and oxygen atoms in total. The molecule has 0 spiro atoms. The van der Waals surface area contributed by atoms with Crippen LogP contribution in [0.1, 0.15) is 11.5 Å². The van der Waals surface area contributed by atoms with Gasteiger partial charge >= 0.3 is 0 Å². The minimum Gasteiger partial charge on any atom is -0.314 e. The molecule has 1 heterocycles. The van der Waals surface area contributed by atoms with E-state index in [-0.39, 0.29) is 0 Å². The summed E-state index contributed by atoms with van der Waals surface area (Å²) in [5, 5.41) is 6.94. The number of nitrogens with one attached hydrogen (secondary N) is 2. The predicted molar refractivity (Wildman–Crippen MR) is 64.0 cm³/mol. The minimum atomic E-state index is 0.402. The lowest BCUT2D eigenvalue weighted by Crippen LogP contribution is -2.50. The van der Waals surface area contributed by atoms with Crippen LogP contribution in [0, 0.1) is 0 Å². The van der Waals surface area contributed by atoms with Crippen molar-refractivity contribution in [1.29, 1.82) is 0 Å². The Morgan fingerprint density at radius 2 is 2.07 bits per heavy atom. The smallest absolute Gasteiger partial charge is 0.0296 e. The summed E-state index contributed by atoms with van der Waals surface area (Å²) in [4.78, 5) is 0. The topological polar surface area (TPSA) is 24.1 Å². The van der Waals surface area contributed by atoms with Crippen molar-refractivity contribution in [2.45, 2.75) is 12.0 Å². The molecule has 0 radical (unpaired) electrons. The first-order valence-corrected chi connectivity index (χ1v) is 5.53. The number of hydrogen-bond donors (Lipinski definition) is 2. The van der Waals surface area contributed by atoms with Gasteiger partial charge in [0.1, 0.15) is 0 Å². The van der Waals surface area contributed by atoms with E-state index in [2.05, 4.69) is 47.5 Å². The van der Waals surface area contributed by atoms with Gasteiger partial charge in [-0.15, -0.1) is 6.58 Å². The van der Waals surface area contributed by atoms with Crippen molar-refractivity contribution in [3.63, 3.8) is 0 Å². The summed E-state index contributed by atoms with van der Waals surface area (Å²) in [7, 11) is 0. The average Bonchev–Trinajstić information content (AvgIpc) is 2.33. The molecule has 0 amide bonds. The van der Waals surface area contributed by atoms with E-state index in [1.807, 2.05) is 6.08 Å². The van der Waals surface area contributed by atoms with Crippen molar-refractivity contribution in [1.82, 2.24) is 10.6 Å². The van der Waals surface area contributed by atoms with Gasteiger partial charge in [-0.2, -0.15) is 0 Å². The largest absolute Gasteiger partial charge is 0.314 e. The number of piperazine rings is 1. The Labute approximate surface area is 91.4 Å². The maximum atomic E-state index is 3.94. The van der Waals surface area contributed by atoms with Crippen LogP contribution >= 0.6 is 0 Å². The maximum Gasteiger partial charge on any atom is 0.0296 e. The van der Waals surface area contributed by atoms with E-state index in [9.17, 15) is 0 Å². The van der Waals surface area contributed by atoms with E-state index in [1.165, 1.54) is 5.56 Å². The summed E-state index contributed by atoms with van der Waals surface area (Å²) in [6.07, 6.45) is 2.04. The molecule has 2 N–H and O–H groups in total. The molecule has 1 aliphatic rings. The average molecular weight is 202 g/mol. The van der Waals surface area contributed by atoms with E-state index in [0.29, 0.717) is 12.0 Å². The Morgan fingerprint density at radius 1 is 1.27 bits per heavy atom. The highest BCUT2D eigenvalue weighted by atomic mass is 15.1. The zero-order valence-electron chi connectivity index (χ0n) is 8.95. The van der Waals surface area contributed by atoms with Crippen LogP contribution in [0.25, 0.3) is 0 Å². The van der Waals surface area contributed by atoms with E-state index in [4.69, 9.17) is 0 Å². The first kappa shape index (κ1) is 10.4. The van der Waals surface area contributed by atoms with Gasteiger partial charge in [0.2, 0.25) is 0 Å². The standard InChI is InChI=1S/C13H18N2/c1-2-12(11-6-4-3-5-7-11)13-10-14-8-9-15-13/h2-7,12-15H,1,8-10H2. The van der Waals surface area contributed by atoms with Gasteiger partial charge in [-0.3, -0.25) is 0 Å². The molecular weight excluding hydrogens is 184 g/mol. The third kappa shape index (κ3) is 2.46. The highest BCUT2D eigenvalue weighted by Crippen LogP contribution is 2.21. The van der Waals surface area contributed by atoms with Crippen LogP contribution in [0.5, 0.6) is 0 Å². The summed E-state index contributed by atoms with van der Waals surface area (Å²) in [5.41, 5.74) is 1.34. The fourth-order valence-corrected chi connectivity index (χ4v) is 2.14. The molecule has 1 fully saturated rings. The van der Waals surface area contributed by atoms with Crippen LogP contribution in [0.15, 0.2) is 43.0 Å². The van der Waals surface area contributed by atoms with E-state index >= 15 is 0 Å². The van der Waals surface area contributed by atoms with Crippen LogP contribution < -0.4 is 10.6 Å². The van der Waals surface area contributed by atoms with E-state index in [0.717, 1.165) is 19.6 Å². The van der Waals surface area contributed by atoms with Gasteiger partial charge in [0.05, 0.1) is 0 Å². The molecule has 0 saturated carbocycles. The van der Waals surface area contributed by atoms with E-state index in [1.54, 1.807) is 0 Å². The summed E-state index contributed by atoms with van der Waals surface area (Å²) in [6.45, 7) is 7.07. The lowest BCUT2D eigenvalue weighted by atomic mass is 9.90. The zero-order valence-corrected chi connectivity index (χ0v) is 8.95. The van der Waals surface area contributed by atoms with Gasteiger partial charge in [0.25, 0.3) is 0 Å². The Bertz CT molecular complexity index is 302. The van der Waals surface area contributed by atoms with Gasteiger partial charge < -0.3 is 10.6 Å². The predicted octanol–water partition coefficient (Wildman–Crippen LogP) is 1.52. The first-order chi connectivity index (χ1) is 7.42. The van der Waals surface area contributed by atoms with Gasteiger partial charge in [-0.1, -0.05) is 36.4 Å². The second-order valence-electron chi connectivity index (χ2n) is 3.94. The molecule has 1 aromatic carbocycles. The number of hydrogen-bond acceptors (Lipinski definition) is 2. The Morgan fingerprint density at radius 3 is 2.67 bits per heavy atom. The van der Waals surface area contributed by atoms with Gasteiger partial charge in [0, 0.05) is 31.6 Å². The van der Waals surface area contributed by atoms with Crippen molar-refractivity contribution < 1.29 is 0 Å². The van der Waals surface area contributed by atoms with Crippen LogP contribution in [-0.4, -0.2) is 25.7 Å². The molecular formula is C13H18N2. The highest BCUT2D eigenvalue weighted by Gasteiger charge is 2.21. The highest BCUT2D eigenvalue weighted by molar-refractivity contribution is 5.25. The van der Waals surface area contributed by atoms with Gasteiger partial charge in [-0.25, -0.2) is 0 Å². The molecule has 1 aliphatic heterocycles. The number of rotatable bonds is 3. The Balaban J connectivity index is 2.12. The quantitative estimate of drug-likeness (QED) is 0.726. The molecule has 2 unspecified atom stereocenters. The molecule has 2 rings (SSSR count). The second kappa shape index (κ2) is 5.10. The van der Waals surface area contributed by atoms with Crippen molar-refractivity contribution >= 4 is 0 Å². The molecule has 15 heavy (non-hydrogen) atoms. The second-order valence-corrected chi connectivity index (χ2v) is 3.94. The minimum absolute atomic E-state index is 0.402. The molecule has 0 bridgehead atoms. The lowest BCUT2D eigenvalue weighted by molar-refractivity contribution is 0.394. The zero-order chi connectivity index (χ0) is 10.5. The molecule has 1 aromatic rings. The van der Waals surface area contributed by atoms with Crippen molar-refractivity contribution in [3.05, 3.63) is 48.6 Å². The fraction of sp³-hybridized carbons (Fsp3) is 0.385. The monoisotopic (exact) mass is 202 g/mol. The summed E-state index contributed by atoms with van der Waals surface area (Å²) in [6, 6.07) is 11.0. The third-order valence-corrected chi connectivity index (χ3v) is 2.94. The Hall–Kier alpha value is -1.12. The summed E-state index contributed by atoms with van der Waals surface area (Å²) >= 11 is 0. The van der Waals surface area contributed by atoms with Gasteiger partial charge in [-0.05, 0) is 5.56 Å². The summed E-state index contributed by atoms with van der Waals surface area (Å²) < 4.78 is 0. The van der Waals surface area contributed by atoms with Crippen LogP contribution in [0.2, 0.25) is 0 Å². The third-order valence-electron chi connectivity index (χ3n) is 2.94. The lowest BCUT2D eigenvalue weighted by Gasteiger charge is -2.30. The van der Waals surface area contributed by atoms with E-state index < -0.39 is 0 Å². The summed E-state index contributed by atoms with van der Waals surface area (Å²) in [5.74, 6) is 0.402. The molecule has 2 atom stereocenters. The Kier molecular flexibility index (Phi) is 3.54.